The van der Waals surface area contributed by atoms with Crippen molar-refractivity contribution in [3.05, 3.63) is 57.0 Å². The molecule has 1 saturated heterocycles. The molecule has 1 aliphatic heterocycles. The second kappa shape index (κ2) is 8.64. The van der Waals surface area contributed by atoms with E-state index in [9.17, 15) is 4.79 Å². The largest absolute Gasteiger partial charge is 0.298 e. The molecule has 4 rings (SSSR count). The van der Waals surface area contributed by atoms with Crippen molar-refractivity contribution in [1.82, 2.24) is 14.9 Å². The van der Waals surface area contributed by atoms with Crippen LogP contribution in [0.2, 0.25) is 0 Å². The van der Waals surface area contributed by atoms with Crippen LogP contribution in [0, 0.1) is 13.8 Å². The molecule has 0 N–H and O–H groups in total. The summed E-state index contributed by atoms with van der Waals surface area (Å²) in [5.41, 5.74) is 3.36. The summed E-state index contributed by atoms with van der Waals surface area (Å²) in [5, 5.41) is 4.01. The number of aromatic nitrogens is 2. The highest BCUT2D eigenvalue weighted by Crippen LogP contribution is 2.31. The topological polar surface area (TPSA) is 46.1 Å². The fourth-order valence-corrected chi connectivity index (χ4v) is 5.70. The summed E-state index contributed by atoms with van der Waals surface area (Å²) in [6.45, 7) is 6.54. The van der Waals surface area contributed by atoms with Crippen molar-refractivity contribution in [3.63, 3.8) is 0 Å². The van der Waals surface area contributed by atoms with E-state index in [0.717, 1.165) is 45.8 Å². The molecule has 0 aliphatic carbocycles. The van der Waals surface area contributed by atoms with Crippen LogP contribution in [0.15, 0.2) is 35.7 Å². The van der Waals surface area contributed by atoms with Crippen molar-refractivity contribution in [2.24, 2.45) is 0 Å². The third-order valence-corrected chi connectivity index (χ3v) is 7.16. The molecule has 0 saturated carbocycles. The Hall–Kier alpha value is -1.89. The van der Waals surface area contributed by atoms with Crippen LogP contribution in [0.3, 0.4) is 0 Å². The highest BCUT2D eigenvalue weighted by Gasteiger charge is 2.23. The molecule has 0 bridgehead atoms. The highest BCUT2D eigenvalue weighted by atomic mass is 32.1. The SMILES string of the molecule is Cc1nc(C)c(-c2csc(CC(=O)CN3CCC[C@H](c4ccccc4)C3)n2)s1. The maximum Gasteiger partial charge on any atom is 0.153 e. The maximum absolute atomic E-state index is 12.7. The molecule has 2 aromatic heterocycles. The first-order chi connectivity index (χ1) is 13.6. The van der Waals surface area contributed by atoms with E-state index in [0.29, 0.717) is 18.9 Å². The Bertz CT molecular complexity index is 948. The van der Waals surface area contributed by atoms with Crippen molar-refractivity contribution < 1.29 is 4.79 Å². The lowest BCUT2D eigenvalue weighted by molar-refractivity contribution is -0.119. The summed E-state index contributed by atoms with van der Waals surface area (Å²) in [4.78, 5) is 25.3. The van der Waals surface area contributed by atoms with Gasteiger partial charge in [-0.1, -0.05) is 30.3 Å². The zero-order valence-electron chi connectivity index (χ0n) is 16.4. The summed E-state index contributed by atoms with van der Waals surface area (Å²) in [5.74, 6) is 0.790. The monoisotopic (exact) mass is 411 g/mol. The van der Waals surface area contributed by atoms with Crippen LogP contribution in [-0.2, 0) is 11.2 Å². The van der Waals surface area contributed by atoms with Crippen LogP contribution < -0.4 is 0 Å². The molecule has 0 radical (unpaired) electrons. The number of piperidine rings is 1. The van der Waals surface area contributed by atoms with E-state index >= 15 is 0 Å². The molecule has 0 unspecified atom stereocenters. The molecule has 1 fully saturated rings. The van der Waals surface area contributed by atoms with E-state index in [1.807, 2.05) is 13.8 Å². The standard InChI is InChI=1S/C22H25N3OS2/c1-15-22(28-16(2)23-15)20-14-27-21(24-20)11-19(26)13-25-10-6-9-18(12-25)17-7-4-3-5-8-17/h3-5,7-8,14,18H,6,9-13H2,1-2H3/t18-/m0/s1. The van der Waals surface area contributed by atoms with Gasteiger partial charge in [0.15, 0.2) is 5.78 Å². The number of hydrogen-bond acceptors (Lipinski definition) is 6. The normalized spacial score (nSPS) is 17.7. The van der Waals surface area contributed by atoms with E-state index in [2.05, 4.69) is 45.6 Å². The number of carbonyl (C=O) groups excluding carboxylic acids is 1. The van der Waals surface area contributed by atoms with Gasteiger partial charge in [-0.2, -0.15) is 0 Å². The minimum absolute atomic E-state index is 0.256. The molecule has 1 aromatic carbocycles. The van der Waals surface area contributed by atoms with Crippen molar-refractivity contribution in [2.75, 3.05) is 19.6 Å². The lowest BCUT2D eigenvalue weighted by Gasteiger charge is -2.32. The first-order valence-electron chi connectivity index (χ1n) is 9.76. The second-order valence-electron chi connectivity index (χ2n) is 7.47. The van der Waals surface area contributed by atoms with Gasteiger partial charge in [0, 0.05) is 11.9 Å². The maximum atomic E-state index is 12.7. The molecule has 0 amide bonds. The number of carbonyl (C=O) groups is 1. The van der Waals surface area contributed by atoms with Gasteiger partial charge in [0.25, 0.3) is 0 Å². The fraction of sp³-hybridized carbons (Fsp3) is 0.409. The van der Waals surface area contributed by atoms with Crippen LogP contribution in [0.1, 0.15) is 40.0 Å². The van der Waals surface area contributed by atoms with Gasteiger partial charge in [-0.15, -0.1) is 22.7 Å². The van der Waals surface area contributed by atoms with E-state index in [1.54, 1.807) is 22.7 Å². The van der Waals surface area contributed by atoms with Gasteiger partial charge in [0.1, 0.15) is 5.01 Å². The second-order valence-corrected chi connectivity index (χ2v) is 9.62. The zero-order valence-corrected chi connectivity index (χ0v) is 18.0. The number of nitrogens with zero attached hydrogens (tertiary/aromatic N) is 3. The van der Waals surface area contributed by atoms with Crippen LogP contribution in [0.25, 0.3) is 10.6 Å². The highest BCUT2D eigenvalue weighted by molar-refractivity contribution is 7.16. The Labute approximate surface area is 174 Å². The Morgan fingerprint density at radius 2 is 2.04 bits per heavy atom. The zero-order chi connectivity index (χ0) is 19.5. The summed E-state index contributed by atoms with van der Waals surface area (Å²) in [7, 11) is 0. The first kappa shape index (κ1) is 19.4. The predicted octanol–water partition coefficient (Wildman–Crippen LogP) is 4.87. The number of rotatable bonds is 6. The quantitative estimate of drug-likeness (QED) is 0.580. The molecule has 1 atom stereocenters. The van der Waals surface area contributed by atoms with Gasteiger partial charge >= 0.3 is 0 Å². The average molecular weight is 412 g/mol. The molecule has 3 aromatic rings. The first-order valence-corrected chi connectivity index (χ1v) is 11.5. The van der Waals surface area contributed by atoms with E-state index in [1.165, 1.54) is 12.0 Å². The van der Waals surface area contributed by atoms with Gasteiger partial charge in [0.2, 0.25) is 0 Å². The molecule has 28 heavy (non-hydrogen) atoms. The number of Topliss-reactive ketones (excluding diaryl/α,β-unsaturated/α-hetero) is 1. The summed E-state index contributed by atoms with van der Waals surface area (Å²) >= 11 is 3.24. The van der Waals surface area contributed by atoms with Gasteiger partial charge in [-0.3, -0.25) is 9.69 Å². The van der Waals surface area contributed by atoms with Crippen LogP contribution >= 0.6 is 22.7 Å². The number of likely N-dealkylation sites (tertiary alicyclic amines) is 1. The third-order valence-electron chi connectivity index (χ3n) is 5.21. The van der Waals surface area contributed by atoms with Gasteiger partial charge in [0.05, 0.1) is 34.2 Å². The molecule has 3 heterocycles. The molecule has 6 heteroatoms. The number of benzene rings is 1. The molecule has 4 nitrogen and oxygen atoms in total. The number of ketones is 1. The third kappa shape index (κ3) is 4.57. The van der Waals surface area contributed by atoms with Crippen molar-refractivity contribution >= 4 is 28.5 Å². The lowest BCUT2D eigenvalue weighted by Crippen LogP contribution is -2.38. The minimum atomic E-state index is 0.256. The minimum Gasteiger partial charge on any atom is -0.298 e. The van der Waals surface area contributed by atoms with Crippen molar-refractivity contribution in [1.29, 1.82) is 0 Å². The molecule has 146 valence electrons. The van der Waals surface area contributed by atoms with Crippen LogP contribution in [-0.4, -0.2) is 40.3 Å². The Kier molecular flexibility index (Phi) is 5.99. The van der Waals surface area contributed by atoms with Gasteiger partial charge in [-0.25, -0.2) is 9.97 Å². The molecule has 1 aliphatic rings. The summed E-state index contributed by atoms with van der Waals surface area (Å²) in [6.07, 6.45) is 2.78. The van der Waals surface area contributed by atoms with E-state index < -0.39 is 0 Å². The predicted molar refractivity (Wildman–Crippen MR) is 116 cm³/mol. The van der Waals surface area contributed by atoms with Crippen molar-refractivity contribution in [3.8, 4) is 10.6 Å². The summed E-state index contributed by atoms with van der Waals surface area (Å²) < 4.78 is 0. The molecule has 0 spiro atoms. The van der Waals surface area contributed by atoms with E-state index in [-0.39, 0.29) is 5.78 Å². The Morgan fingerprint density at radius 1 is 1.21 bits per heavy atom. The fourth-order valence-electron chi connectivity index (χ4n) is 3.94. The van der Waals surface area contributed by atoms with Gasteiger partial charge in [-0.05, 0) is 44.7 Å². The molecular weight excluding hydrogens is 386 g/mol. The number of aryl methyl sites for hydroxylation is 2. The average Bonchev–Trinajstić information content (AvgIpc) is 3.28. The Morgan fingerprint density at radius 3 is 2.79 bits per heavy atom. The van der Waals surface area contributed by atoms with Gasteiger partial charge < -0.3 is 0 Å². The summed E-state index contributed by atoms with van der Waals surface area (Å²) in [6, 6.07) is 10.7. The smallest absolute Gasteiger partial charge is 0.153 e. The Balaban J connectivity index is 1.35. The number of hydrogen-bond donors (Lipinski definition) is 0. The van der Waals surface area contributed by atoms with Crippen molar-refractivity contribution in [2.45, 2.75) is 39.0 Å². The van der Waals surface area contributed by atoms with Crippen LogP contribution in [0.4, 0.5) is 0 Å². The number of thiazole rings is 2. The van der Waals surface area contributed by atoms with E-state index in [4.69, 9.17) is 4.98 Å². The molecular formula is C22H25N3OS2. The lowest BCUT2D eigenvalue weighted by atomic mass is 9.90. The van der Waals surface area contributed by atoms with Crippen LogP contribution in [0.5, 0.6) is 0 Å².